The van der Waals surface area contributed by atoms with E-state index in [1.54, 1.807) is 0 Å². The van der Waals surface area contributed by atoms with Crippen molar-refractivity contribution >= 4 is 5.97 Å². The number of rotatable bonds is 3. The van der Waals surface area contributed by atoms with E-state index in [1.165, 1.54) is 13.0 Å². The van der Waals surface area contributed by atoms with E-state index in [-0.39, 0.29) is 6.61 Å². The predicted molar refractivity (Wildman–Crippen MR) is 49.1 cm³/mol. The second kappa shape index (κ2) is 5.44. The minimum atomic E-state index is -2.10. The van der Waals surface area contributed by atoms with Gasteiger partial charge in [0.2, 0.25) is 0 Å². The average molecular weight is 262 g/mol. The molecular formula is C10H6F4N2O2. The number of esters is 1. The van der Waals surface area contributed by atoms with Crippen LogP contribution in [0.25, 0.3) is 0 Å². The Bertz CT molecular complexity index is 501. The van der Waals surface area contributed by atoms with Crippen molar-refractivity contribution in [1.82, 2.24) is 4.98 Å². The van der Waals surface area contributed by atoms with Crippen LogP contribution in [0, 0.1) is 34.9 Å². The summed E-state index contributed by atoms with van der Waals surface area (Å²) in [6, 6.07) is 1.22. The van der Waals surface area contributed by atoms with Crippen molar-refractivity contribution in [3.8, 4) is 6.07 Å². The lowest BCUT2D eigenvalue weighted by molar-refractivity contribution is -0.143. The zero-order chi connectivity index (χ0) is 13.9. The highest BCUT2D eigenvalue weighted by Gasteiger charge is 2.32. The fraction of sp³-hybridized carbons (Fsp3) is 0.300. The fourth-order valence-electron chi connectivity index (χ4n) is 1.22. The van der Waals surface area contributed by atoms with Crippen LogP contribution in [-0.2, 0) is 9.53 Å². The minimum Gasteiger partial charge on any atom is -0.465 e. The van der Waals surface area contributed by atoms with Crippen LogP contribution in [0.15, 0.2) is 0 Å². The smallest absolute Gasteiger partial charge is 0.328 e. The number of hydrogen-bond acceptors (Lipinski definition) is 4. The van der Waals surface area contributed by atoms with Gasteiger partial charge in [-0.25, -0.2) is 8.78 Å². The molecule has 0 spiro atoms. The number of nitrogens with zero attached hydrogens (tertiary/aromatic N) is 2. The summed E-state index contributed by atoms with van der Waals surface area (Å²) < 4.78 is 56.6. The Hall–Kier alpha value is -2.17. The van der Waals surface area contributed by atoms with E-state index in [0.29, 0.717) is 0 Å². The summed E-state index contributed by atoms with van der Waals surface area (Å²) in [5.41, 5.74) is -1.35. The lowest BCUT2D eigenvalue weighted by atomic mass is 10.0. The quantitative estimate of drug-likeness (QED) is 0.473. The summed E-state index contributed by atoms with van der Waals surface area (Å²) in [4.78, 5) is 13.6. The summed E-state index contributed by atoms with van der Waals surface area (Å²) in [5.74, 6) is -11.1. The molecule has 0 bridgehead atoms. The van der Waals surface area contributed by atoms with Crippen LogP contribution in [0.3, 0.4) is 0 Å². The topological polar surface area (TPSA) is 63.0 Å². The van der Waals surface area contributed by atoms with Gasteiger partial charge in [0.05, 0.1) is 18.2 Å². The molecule has 0 aliphatic carbocycles. The molecule has 0 radical (unpaired) electrons. The highest BCUT2D eigenvalue weighted by atomic mass is 19.2. The number of carbonyl (C=O) groups is 1. The molecular weight excluding hydrogens is 256 g/mol. The predicted octanol–water partition coefficient (Wildman–Crippen LogP) is 1.81. The molecule has 1 heterocycles. The van der Waals surface area contributed by atoms with Crippen molar-refractivity contribution in [2.24, 2.45) is 0 Å². The molecule has 0 aliphatic heterocycles. The van der Waals surface area contributed by atoms with Crippen LogP contribution in [0.5, 0.6) is 0 Å². The molecule has 0 saturated heterocycles. The normalized spacial score (nSPS) is 11.8. The van der Waals surface area contributed by atoms with E-state index in [9.17, 15) is 22.4 Å². The molecule has 18 heavy (non-hydrogen) atoms. The monoisotopic (exact) mass is 262 g/mol. The third kappa shape index (κ3) is 2.40. The van der Waals surface area contributed by atoms with Crippen molar-refractivity contribution < 1.29 is 27.1 Å². The van der Waals surface area contributed by atoms with E-state index in [2.05, 4.69) is 9.72 Å². The number of pyridine rings is 1. The van der Waals surface area contributed by atoms with Gasteiger partial charge in [-0.2, -0.15) is 19.0 Å². The highest BCUT2D eigenvalue weighted by molar-refractivity contribution is 5.81. The van der Waals surface area contributed by atoms with Crippen LogP contribution < -0.4 is 0 Å². The number of hydrogen-bond donors (Lipinski definition) is 0. The van der Waals surface area contributed by atoms with Crippen molar-refractivity contribution in [2.45, 2.75) is 12.8 Å². The van der Waals surface area contributed by atoms with Gasteiger partial charge in [-0.15, -0.1) is 0 Å². The van der Waals surface area contributed by atoms with Gasteiger partial charge in [0.25, 0.3) is 11.9 Å². The summed E-state index contributed by atoms with van der Waals surface area (Å²) in [6.07, 6.45) is 0. The largest absolute Gasteiger partial charge is 0.465 e. The first-order valence-corrected chi connectivity index (χ1v) is 4.70. The van der Waals surface area contributed by atoms with Crippen LogP contribution >= 0.6 is 0 Å². The Morgan fingerprint density at radius 3 is 2.22 bits per heavy atom. The second-order valence-electron chi connectivity index (χ2n) is 3.05. The fourth-order valence-corrected chi connectivity index (χ4v) is 1.22. The zero-order valence-corrected chi connectivity index (χ0v) is 9.01. The molecule has 0 N–H and O–H groups in total. The van der Waals surface area contributed by atoms with E-state index in [0.717, 1.165) is 0 Å². The number of halogens is 4. The van der Waals surface area contributed by atoms with E-state index in [1.807, 2.05) is 0 Å². The minimum absolute atomic E-state index is 0.156. The van der Waals surface area contributed by atoms with Gasteiger partial charge >= 0.3 is 5.97 Å². The van der Waals surface area contributed by atoms with Gasteiger partial charge in [-0.05, 0) is 6.92 Å². The standard InChI is InChI=1S/C10H6F4N2O2/c1-2-18-10(17)4(3-15)5-6(11)8(13)16-9(14)7(5)12/h4H,2H2,1H3. The Labute approximate surface area is 98.8 Å². The molecule has 0 saturated carbocycles. The second-order valence-corrected chi connectivity index (χ2v) is 3.05. The summed E-state index contributed by atoms with van der Waals surface area (Å²) in [6.45, 7) is 1.24. The lowest BCUT2D eigenvalue weighted by Gasteiger charge is -2.10. The average Bonchev–Trinajstić information content (AvgIpc) is 2.32. The summed E-state index contributed by atoms with van der Waals surface area (Å²) in [5, 5.41) is 8.66. The number of carbonyl (C=O) groups excluding carboxylic acids is 1. The van der Waals surface area contributed by atoms with Crippen LogP contribution in [0.2, 0.25) is 0 Å². The SMILES string of the molecule is CCOC(=O)C(C#N)c1c(F)c(F)nc(F)c1F. The van der Waals surface area contributed by atoms with E-state index in [4.69, 9.17) is 5.26 Å². The third-order valence-electron chi connectivity index (χ3n) is 1.97. The first-order valence-electron chi connectivity index (χ1n) is 4.70. The van der Waals surface area contributed by atoms with E-state index < -0.39 is 41.0 Å². The molecule has 0 fully saturated rings. The van der Waals surface area contributed by atoms with Crippen LogP contribution in [0.1, 0.15) is 18.4 Å². The van der Waals surface area contributed by atoms with Crippen molar-refractivity contribution in [3.63, 3.8) is 0 Å². The molecule has 0 aliphatic rings. The number of nitriles is 1. The molecule has 1 unspecified atom stereocenters. The molecule has 8 heteroatoms. The van der Waals surface area contributed by atoms with Gasteiger partial charge < -0.3 is 4.74 Å². The first kappa shape index (κ1) is 13.9. The van der Waals surface area contributed by atoms with Gasteiger partial charge in [0, 0.05) is 0 Å². The van der Waals surface area contributed by atoms with Gasteiger partial charge in [-0.1, -0.05) is 0 Å². The van der Waals surface area contributed by atoms with Gasteiger partial charge in [0.1, 0.15) is 0 Å². The number of aromatic nitrogens is 1. The molecule has 0 amide bonds. The molecule has 1 aromatic rings. The van der Waals surface area contributed by atoms with E-state index >= 15 is 0 Å². The molecule has 1 aromatic heterocycles. The Kier molecular flexibility index (Phi) is 4.20. The molecule has 1 atom stereocenters. The molecule has 1 rings (SSSR count). The summed E-state index contributed by atoms with van der Waals surface area (Å²) >= 11 is 0. The van der Waals surface area contributed by atoms with Gasteiger partial charge in [-0.3, -0.25) is 4.79 Å². The third-order valence-corrected chi connectivity index (χ3v) is 1.97. The molecule has 96 valence electrons. The van der Waals surface area contributed by atoms with Crippen molar-refractivity contribution in [2.75, 3.05) is 6.61 Å². The maximum Gasteiger partial charge on any atom is 0.328 e. The Balaban J connectivity index is 3.39. The first-order chi connectivity index (χ1) is 8.43. The lowest BCUT2D eigenvalue weighted by Crippen LogP contribution is -2.19. The highest BCUT2D eigenvalue weighted by Crippen LogP contribution is 2.25. The molecule has 0 aromatic carbocycles. The summed E-state index contributed by atoms with van der Waals surface area (Å²) in [7, 11) is 0. The maximum atomic E-state index is 13.3. The zero-order valence-electron chi connectivity index (χ0n) is 9.01. The van der Waals surface area contributed by atoms with Gasteiger partial charge in [0.15, 0.2) is 17.6 Å². The number of ether oxygens (including phenoxy) is 1. The van der Waals surface area contributed by atoms with Crippen molar-refractivity contribution in [1.29, 1.82) is 5.26 Å². The van der Waals surface area contributed by atoms with Crippen LogP contribution in [0.4, 0.5) is 17.6 Å². The Morgan fingerprint density at radius 2 is 1.83 bits per heavy atom. The maximum absolute atomic E-state index is 13.3. The van der Waals surface area contributed by atoms with Crippen LogP contribution in [-0.4, -0.2) is 17.6 Å². The Morgan fingerprint density at radius 1 is 1.33 bits per heavy atom. The van der Waals surface area contributed by atoms with Crippen molar-refractivity contribution in [3.05, 3.63) is 29.1 Å². The molecule has 4 nitrogen and oxygen atoms in total.